The number of aromatic nitrogens is 2. The molecular weight excluding hydrogens is 486 g/mol. The van der Waals surface area contributed by atoms with E-state index < -0.39 is 22.7 Å². The highest BCUT2D eigenvalue weighted by molar-refractivity contribution is 6.46. The molecule has 0 aliphatic carbocycles. The molecule has 0 saturated carbocycles. The molecule has 4 rings (SSSR count). The van der Waals surface area contributed by atoms with E-state index >= 15 is 0 Å². The monoisotopic (exact) mass is 517 g/mol. The molecule has 38 heavy (non-hydrogen) atoms. The molecule has 3 aromatic rings. The van der Waals surface area contributed by atoms with Gasteiger partial charge in [0.05, 0.1) is 39.7 Å². The Labute approximate surface area is 220 Å². The van der Waals surface area contributed by atoms with Crippen molar-refractivity contribution in [1.29, 1.82) is 0 Å². The number of carbonyl (C=O) groups excluding carboxylic acids is 2. The van der Waals surface area contributed by atoms with Crippen LogP contribution >= 0.6 is 0 Å². The van der Waals surface area contributed by atoms with Crippen LogP contribution in [-0.4, -0.2) is 67.5 Å². The minimum atomic E-state index is -0.967. The number of hydrogen-bond donors (Lipinski definition) is 1. The molecule has 1 aliphatic heterocycles. The van der Waals surface area contributed by atoms with Gasteiger partial charge in [0.25, 0.3) is 17.4 Å². The van der Waals surface area contributed by atoms with Crippen LogP contribution in [0, 0.1) is 17.0 Å². The van der Waals surface area contributed by atoms with Gasteiger partial charge in [-0.3, -0.25) is 19.7 Å². The number of carbonyl (C=O) groups is 2. The van der Waals surface area contributed by atoms with Crippen LogP contribution < -0.4 is 0 Å². The molecule has 0 bridgehead atoms. The van der Waals surface area contributed by atoms with Crippen molar-refractivity contribution in [3.63, 3.8) is 0 Å². The highest BCUT2D eigenvalue weighted by Crippen LogP contribution is 2.40. The Kier molecular flexibility index (Phi) is 8.02. The number of Topliss-reactive ketones (excluding diaryl/α,β-unsaturated/α-hetero) is 1. The first-order chi connectivity index (χ1) is 18.3. The number of non-ortho nitro benzene ring substituents is 1. The smallest absolute Gasteiger partial charge is 0.295 e. The van der Waals surface area contributed by atoms with E-state index in [1.807, 2.05) is 30.3 Å². The molecule has 0 spiro atoms. The zero-order valence-corrected chi connectivity index (χ0v) is 21.7. The largest absolute Gasteiger partial charge is 0.507 e. The lowest BCUT2D eigenvalue weighted by molar-refractivity contribution is -0.384. The molecule has 1 unspecified atom stereocenters. The lowest BCUT2D eigenvalue weighted by Gasteiger charge is -2.26. The third-order valence-electron chi connectivity index (χ3n) is 6.97. The van der Waals surface area contributed by atoms with Gasteiger partial charge in [0.2, 0.25) is 0 Å². The average molecular weight is 518 g/mol. The maximum Gasteiger partial charge on any atom is 0.295 e. The minimum absolute atomic E-state index is 0.103. The lowest BCUT2D eigenvalue weighted by atomic mass is 9.95. The molecule has 2 aromatic carbocycles. The molecule has 1 saturated heterocycles. The van der Waals surface area contributed by atoms with Gasteiger partial charge in [-0.15, -0.1) is 0 Å². The lowest BCUT2D eigenvalue weighted by Crippen LogP contribution is -2.33. The number of likely N-dealkylation sites (tertiary alicyclic amines) is 1. The van der Waals surface area contributed by atoms with Crippen molar-refractivity contribution < 1.29 is 19.6 Å². The predicted molar refractivity (Wildman–Crippen MR) is 143 cm³/mol. The van der Waals surface area contributed by atoms with Crippen LogP contribution in [0.2, 0.25) is 0 Å². The van der Waals surface area contributed by atoms with E-state index in [0.717, 1.165) is 25.3 Å². The number of para-hydroxylation sites is 1. The number of benzene rings is 2. The van der Waals surface area contributed by atoms with Crippen molar-refractivity contribution in [3.05, 3.63) is 93.3 Å². The predicted octanol–water partition coefficient (Wildman–Crippen LogP) is 4.24. The molecule has 10 heteroatoms. The summed E-state index contributed by atoms with van der Waals surface area (Å²) in [6, 6.07) is 14.2. The molecule has 2 heterocycles. The van der Waals surface area contributed by atoms with Gasteiger partial charge in [0.15, 0.2) is 0 Å². The van der Waals surface area contributed by atoms with Gasteiger partial charge in [0.1, 0.15) is 5.76 Å². The summed E-state index contributed by atoms with van der Waals surface area (Å²) in [7, 11) is 0. The van der Waals surface area contributed by atoms with Crippen LogP contribution in [0.5, 0.6) is 0 Å². The van der Waals surface area contributed by atoms with Crippen molar-refractivity contribution in [2.75, 3.05) is 26.2 Å². The van der Waals surface area contributed by atoms with Crippen molar-refractivity contribution in [2.45, 2.75) is 33.2 Å². The third kappa shape index (κ3) is 5.08. The Balaban J connectivity index is 1.80. The SMILES string of the molecule is CCN(CC)CCCN1C(=O)C(=O)C(=C(O)c2cnn(-c3ccccc3)c2C)C1c1cccc([N+](=O)[O-])c1. The number of nitro groups is 1. The zero-order valence-electron chi connectivity index (χ0n) is 21.7. The van der Waals surface area contributed by atoms with E-state index in [1.54, 1.807) is 17.7 Å². The summed E-state index contributed by atoms with van der Waals surface area (Å²) >= 11 is 0. The van der Waals surface area contributed by atoms with Gasteiger partial charge in [-0.1, -0.05) is 44.2 Å². The van der Waals surface area contributed by atoms with Crippen LogP contribution in [-0.2, 0) is 9.59 Å². The Morgan fingerprint density at radius 1 is 1.11 bits per heavy atom. The number of amides is 1. The van der Waals surface area contributed by atoms with Crippen LogP contribution in [0.1, 0.15) is 43.1 Å². The van der Waals surface area contributed by atoms with Crippen molar-refractivity contribution in [3.8, 4) is 5.69 Å². The van der Waals surface area contributed by atoms with Crippen molar-refractivity contribution in [1.82, 2.24) is 19.6 Å². The summed E-state index contributed by atoms with van der Waals surface area (Å²) in [6.07, 6.45) is 2.06. The van der Waals surface area contributed by atoms with E-state index in [0.29, 0.717) is 23.2 Å². The van der Waals surface area contributed by atoms with Gasteiger partial charge < -0.3 is 14.9 Å². The first-order valence-corrected chi connectivity index (χ1v) is 12.6. The Morgan fingerprint density at radius 2 is 1.82 bits per heavy atom. The molecule has 1 N–H and O–H groups in total. The quantitative estimate of drug-likeness (QED) is 0.140. The fourth-order valence-corrected chi connectivity index (χ4v) is 4.89. The van der Waals surface area contributed by atoms with Crippen LogP contribution in [0.15, 0.2) is 66.4 Å². The molecule has 198 valence electrons. The molecular formula is C28H31N5O5. The number of ketones is 1. The molecule has 1 amide bonds. The van der Waals surface area contributed by atoms with Gasteiger partial charge in [-0.25, -0.2) is 4.68 Å². The molecule has 1 aromatic heterocycles. The fourth-order valence-electron chi connectivity index (χ4n) is 4.89. The third-order valence-corrected chi connectivity index (χ3v) is 6.97. The Hall–Kier alpha value is -4.31. The first-order valence-electron chi connectivity index (χ1n) is 12.6. The van der Waals surface area contributed by atoms with Gasteiger partial charge >= 0.3 is 0 Å². The molecule has 10 nitrogen and oxygen atoms in total. The maximum atomic E-state index is 13.3. The summed E-state index contributed by atoms with van der Waals surface area (Å²) in [4.78, 5) is 41.2. The first kappa shape index (κ1) is 26.7. The number of nitro benzene ring substituents is 1. The average Bonchev–Trinajstić information content (AvgIpc) is 3.43. The standard InChI is InChI=1S/C28H31N5O5/c1-4-30(5-2)15-10-16-31-25(20-11-9-14-22(17-20)33(37)38)24(27(35)28(31)36)26(34)23-18-29-32(19(23)3)21-12-7-6-8-13-21/h6-9,11-14,17-18,25,34H,4-5,10,15-16H2,1-3H3. The maximum absolute atomic E-state index is 13.3. The summed E-state index contributed by atoms with van der Waals surface area (Å²) in [6.45, 7) is 8.56. The number of nitrogens with zero attached hydrogens (tertiary/aromatic N) is 5. The Bertz CT molecular complexity index is 1380. The molecule has 1 atom stereocenters. The second-order valence-electron chi connectivity index (χ2n) is 9.12. The van der Waals surface area contributed by atoms with Crippen molar-refractivity contribution in [2.24, 2.45) is 0 Å². The van der Waals surface area contributed by atoms with E-state index in [2.05, 4.69) is 23.8 Å². The summed E-state index contributed by atoms with van der Waals surface area (Å²) < 4.78 is 1.64. The molecule has 0 radical (unpaired) electrons. The second-order valence-corrected chi connectivity index (χ2v) is 9.12. The highest BCUT2D eigenvalue weighted by Gasteiger charge is 2.46. The second kappa shape index (κ2) is 11.4. The summed E-state index contributed by atoms with van der Waals surface area (Å²) in [5, 5.41) is 27.3. The van der Waals surface area contributed by atoms with E-state index in [1.165, 1.54) is 29.3 Å². The normalized spacial score (nSPS) is 16.9. The summed E-state index contributed by atoms with van der Waals surface area (Å²) in [5.41, 5.74) is 1.79. The number of hydrogen-bond acceptors (Lipinski definition) is 7. The summed E-state index contributed by atoms with van der Waals surface area (Å²) in [5.74, 6) is -1.92. The van der Waals surface area contributed by atoms with Crippen LogP contribution in [0.4, 0.5) is 5.69 Å². The molecule has 1 aliphatic rings. The van der Waals surface area contributed by atoms with E-state index in [-0.39, 0.29) is 23.6 Å². The number of rotatable bonds is 10. The van der Waals surface area contributed by atoms with Crippen LogP contribution in [0.3, 0.4) is 0 Å². The van der Waals surface area contributed by atoms with Gasteiger partial charge in [0, 0.05) is 18.7 Å². The topological polar surface area (TPSA) is 122 Å². The number of aliphatic hydroxyl groups excluding tert-OH is 1. The minimum Gasteiger partial charge on any atom is -0.507 e. The molecule has 1 fully saturated rings. The van der Waals surface area contributed by atoms with Crippen molar-refractivity contribution >= 4 is 23.1 Å². The number of aliphatic hydroxyl groups is 1. The van der Waals surface area contributed by atoms with Gasteiger partial charge in [-0.2, -0.15) is 5.10 Å². The van der Waals surface area contributed by atoms with Gasteiger partial charge in [-0.05, 0) is 50.7 Å². The zero-order chi connectivity index (χ0) is 27.4. The highest BCUT2D eigenvalue weighted by atomic mass is 16.6. The van der Waals surface area contributed by atoms with Crippen LogP contribution in [0.25, 0.3) is 11.4 Å². The van der Waals surface area contributed by atoms with E-state index in [9.17, 15) is 24.8 Å². The van der Waals surface area contributed by atoms with E-state index in [4.69, 9.17) is 0 Å². The Morgan fingerprint density at radius 3 is 2.47 bits per heavy atom. The fraction of sp³-hybridized carbons (Fsp3) is 0.321.